The molecule has 0 aliphatic carbocycles. The zero-order valence-electron chi connectivity index (χ0n) is 10.5. The zero-order valence-corrected chi connectivity index (χ0v) is 10.5. The molecule has 100 valence electrons. The SMILES string of the molecule is CCOB(O/C=C/COCCO)OCCOC. The predicted molar refractivity (Wildman–Crippen MR) is 63.3 cm³/mol. The fraction of sp³-hybridized carbons (Fsp3) is 0.800. The van der Waals surface area contributed by atoms with Crippen molar-refractivity contribution in [1.82, 2.24) is 0 Å². The van der Waals surface area contributed by atoms with Gasteiger partial charge in [-0.05, 0) is 13.0 Å². The summed E-state index contributed by atoms with van der Waals surface area (Å²) in [6.45, 7) is 3.92. The molecule has 0 amide bonds. The summed E-state index contributed by atoms with van der Waals surface area (Å²) in [5.41, 5.74) is 0. The highest BCUT2D eigenvalue weighted by Crippen LogP contribution is 1.94. The standard InChI is InChI=1S/C10H21BO6/c1-3-15-11(17-10-9-13-2)16-7-4-6-14-8-5-12/h4,7,12H,3,5-6,8-10H2,1-2H3/b7-4+. The molecule has 0 unspecified atom stereocenters. The third-order valence-electron chi connectivity index (χ3n) is 1.58. The van der Waals surface area contributed by atoms with Gasteiger partial charge in [0.25, 0.3) is 0 Å². The highest BCUT2D eigenvalue weighted by atomic mass is 16.7. The minimum atomic E-state index is -0.732. The maximum absolute atomic E-state index is 8.47. The number of hydrogen-bond acceptors (Lipinski definition) is 6. The Balaban J connectivity index is 3.59. The van der Waals surface area contributed by atoms with Gasteiger partial charge in [0.15, 0.2) is 0 Å². The van der Waals surface area contributed by atoms with Crippen LogP contribution in [0, 0.1) is 0 Å². The van der Waals surface area contributed by atoms with Gasteiger partial charge in [-0.3, -0.25) is 0 Å². The zero-order chi connectivity index (χ0) is 12.8. The van der Waals surface area contributed by atoms with Crippen molar-refractivity contribution in [3.63, 3.8) is 0 Å². The van der Waals surface area contributed by atoms with E-state index >= 15 is 0 Å². The van der Waals surface area contributed by atoms with Crippen LogP contribution in [0.4, 0.5) is 0 Å². The maximum Gasteiger partial charge on any atom is 0.712 e. The second-order valence-electron chi connectivity index (χ2n) is 2.91. The molecule has 0 heterocycles. The monoisotopic (exact) mass is 248 g/mol. The second kappa shape index (κ2) is 13.5. The van der Waals surface area contributed by atoms with Crippen molar-refractivity contribution in [2.24, 2.45) is 0 Å². The van der Waals surface area contributed by atoms with Crippen LogP contribution in [0.2, 0.25) is 0 Å². The van der Waals surface area contributed by atoms with Crippen molar-refractivity contribution < 1.29 is 28.5 Å². The van der Waals surface area contributed by atoms with E-state index < -0.39 is 7.32 Å². The van der Waals surface area contributed by atoms with E-state index in [9.17, 15) is 0 Å². The Labute approximate surface area is 103 Å². The highest BCUT2D eigenvalue weighted by Gasteiger charge is 2.20. The molecule has 0 aromatic rings. The minimum absolute atomic E-state index is 0.0103. The van der Waals surface area contributed by atoms with Crippen LogP contribution in [0.15, 0.2) is 12.3 Å². The smallest absolute Gasteiger partial charge is 0.518 e. The van der Waals surface area contributed by atoms with Gasteiger partial charge in [0.1, 0.15) is 0 Å². The molecule has 0 aliphatic heterocycles. The summed E-state index contributed by atoms with van der Waals surface area (Å²) in [6, 6.07) is 0. The quantitative estimate of drug-likeness (QED) is 0.302. The molecule has 0 spiro atoms. The summed E-state index contributed by atoms with van der Waals surface area (Å²) < 4.78 is 25.5. The van der Waals surface area contributed by atoms with Gasteiger partial charge in [0.05, 0.1) is 39.3 Å². The Kier molecular flexibility index (Phi) is 13.0. The van der Waals surface area contributed by atoms with E-state index in [2.05, 4.69) is 0 Å². The van der Waals surface area contributed by atoms with Crippen LogP contribution in [-0.2, 0) is 23.4 Å². The Morgan fingerprint density at radius 2 is 2.00 bits per heavy atom. The molecular formula is C10H21BO6. The fourth-order valence-corrected chi connectivity index (χ4v) is 0.865. The van der Waals surface area contributed by atoms with Gasteiger partial charge in [0.2, 0.25) is 0 Å². The molecule has 0 bridgehead atoms. The lowest BCUT2D eigenvalue weighted by atomic mass is 10.2. The molecule has 0 aromatic heterocycles. The summed E-state index contributed by atoms with van der Waals surface area (Å²) in [7, 11) is 0.863. The van der Waals surface area contributed by atoms with E-state index in [0.29, 0.717) is 33.0 Å². The van der Waals surface area contributed by atoms with E-state index in [1.54, 1.807) is 13.2 Å². The molecule has 0 aliphatic rings. The molecular weight excluding hydrogens is 227 g/mol. The van der Waals surface area contributed by atoms with Crippen LogP contribution in [-0.4, -0.2) is 59.2 Å². The van der Waals surface area contributed by atoms with Crippen LogP contribution in [0.1, 0.15) is 6.92 Å². The van der Waals surface area contributed by atoms with Crippen molar-refractivity contribution in [1.29, 1.82) is 0 Å². The van der Waals surface area contributed by atoms with Crippen molar-refractivity contribution in [2.75, 3.05) is 46.8 Å². The van der Waals surface area contributed by atoms with Gasteiger partial charge in [-0.2, -0.15) is 0 Å². The lowest BCUT2D eigenvalue weighted by Gasteiger charge is -2.11. The van der Waals surface area contributed by atoms with E-state index in [1.807, 2.05) is 6.92 Å². The van der Waals surface area contributed by atoms with Gasteiger partial charge in [-0.1, -0.05) is 0 Å². The molecule has 0 atom stereocenters. The molecule has 7 heteroatoms. The maximum atomic E-state index is 8.47. The highest BCUT2D eigenvalue weighted by molar-refractivity contribution is 6.36. The number of rotatable bonds is 12. The van der Waals surface area contributed by atoms with Gasteiger partial charge >= 0.3 is 7.32 Å². The summed E-state index contributed by atoms with van der Waals surface area (Å²) in [4.78, 5) is 0. The third-order valence-corrected chi connectivity index (χ3v) is 1.58. The summed E-state index contributed by atoms with van der Waals surface area (Å²) in [5, 5.41) is 8.47. The normalized spacial score (nSPS) is 11.0. The van der Waals surface area contributed by atoms with Crippen molar-refractivity contribution in [3.05, 3.63) is 12.3 Å². The Morgan fingerprint density at radius 1 is 1.18 bits per heavy atom. The van der Waals surface area contributed by atoms with Crippen LogP contribution < -0.4 is 0 Å². The summed E-state index contributed by atoms with van der Waals surface area (Å²) in [6.07, 6.45) is 3.12. The molecule has 0 aromatic carbocycles. The minimum Gasteiger partial charge on any atom is -0.518 e. The number of hydrogen-bond donors (Lipinski definition) is 1. The molecule has 0 rings (SSSR count). The van der Waals surface area contributed by atoms with Gasteiger partial charge in [0, 0.05) is 13.7 Å². The lowest BCUT2D eigenvalue weighted by Crippen LogP contribution is -2.26. The van der Waals surface area contributed by atoms with Crippen molar-refractivity contribution in [2.45, 2.75) is 6.92 Å². The average Bonchev–Trinajstić information content (AvgIpc) is 2.34. The van der Waals surface area contributed by atoms with Crippen LogP contribution in [0.3, 0.4) is 0 Å². The Bertz CT molecular complexity index is 178. The number of methoxy groups -OCH3 is 1. The van der Waals surface area contributed by atoms with Gasteiger partial charge in [-0.25, -0.2) is 0 Å². The van der Waals surface area contributed by atoms with Crippen LogP contribution in [0.5, 0.6) is 0 Å². The molecule has 0 radical (unpaired) electrons. The largest absolute Gasteiger partial charge is 0.712 e. The van der Waals surface area contributed by atoms with E-state index in [4.69, 9.17) is 28.5 Å². The Hall–Kier alpha value is -0.595. The molecule has 1 N–H and O–H groups in total. The third kappa shape index (κ3) is 11.7. The summed E-state index contributed by atoms with van der Waals surface area (Å²) in [5.74, 6) is 0. The average molecular weight is 248 g/mol. The van der Waals surface area contributed by atoms with Crippen LogP contribution in [0.25, 0.3) is 0 Å². The number of aliphatic hydroxyl groups is 1. The molecule has 6 nitrogen and oxygen atoms in total. The van der Waals surface area contributed by atoms with E-state index in [1.165, 1.54) is 6.26 Å². The number of aliphatic hydroxyl groups excluding tert-OH is 1. The van der Waals surface area contributed by atoms with E-state index in [0.717, 1.165) is 0 Å². The first-order valence-corrected chi connectivity index (χ1v) is 5.56. The first-order chi connectivity index (χ1) is 8.35. The first-order valence-electron chi connectivity index (χ1n) is 5.56. The predicted octanol–water partition coefficient (Wildman–Crippen LogP) is 0.210. The van der Waals surface area contributed by atoms with E-state index in [-0.39, 0.29) is 6.61 Å². The molecule has 17 heavy (non-hydrogen) atoms. The van der Waals surface area contributed by atoms with Crippen LogP contribution >= 0.6 is 0 Å². The van der Waals surface area contributed by atoms with Crippen molar-refractivity contribution >= 4 is 7.32 Å². The summed E-state index contributed by atoms with van der Waals surface area (Å²) >= 11 is 0. The lowest BCUT2D eigenvalue weighted by molar-refractivity contribution is 0.0875. The van der Waals surface area contributed by atoms with Gasteiger partial charge in [-0.15, -0.1) is 0 Å². The fourth-order valence-electron chi connectivity index (χ4n) is 0.865. The van der Waals surface area contributed by atoms with Crippen molar-refractivity contribution in [3.8, 4) is 0 Å². The Morgan fingerprint density at radius 3 is 2.65 bits per heavy atom. The second-order valence-corrected chi connectivity index (χ2v) is 2.91. The molecule has 0 saturated heterocycles. The first kappa shape index (κ1) is 16.4. The molecule has 0 fully saturated rings. The molecule has 0 saturated carbocycles. The topological polar surface area (TPSA) is 66.4 Å². The van der Waals surface area contributed by atoms with Gasteiger partial charge < -0.3 is 28.5 Å². The number of ether oxygens (including phenoxy) is 2.